The number of halogens is 1. The van der Waals surface area contributed by atoms with Crippen molar-refractivity contribution in [1.82, 2.24) is 5.43 Å². The Hall–Kier alpha value is -3.54. The number of hydrogen-bond acceptors (Lipinski definition) is 6. The van der Waals surface area contributed by atoms with Crippen molar-refractivity contribution < 1.29 is 18.9 Å². The number of rotatable bonds is 5. The Bertz CT molecular complexity index is 1260. The summed E-state index contributed by atoms with van der Waals surface area (Å²) in [6, 6.07) is 12.7. The first-order valence-corrected chi connectivity index (χ1v) is 11.2. The third-order valence-electron chi connectivity index (χ3n) is 5.27. The number of amides is 2. The number of carbonyl (C=O) groups excluding carboxylic acids is 2. The zero-order valence-corrected chi connectivity index (χ0v) is 19.7. The molecular formula is C23H19IN4O5. The van der Waals surface area contributed by atoms with Gasteiger partial charge in [-0.3, -0.25) is 19.7 Å². The van der Waals surface area contributed by atoms with E-state index in [1.54, 1.807) is 6.92 Å². The molecule has 0 aliphatic heterocycles. The van der Waals surface area contributed by atoms with Crippen molar-refractivity contribution in [3.8, 4) is 0 Å². The molecule has 2 N–H and O–H groups in total. The summed E-state index contributed by atoms with van der Waals surface area (Å²) in [6.07, 6.45) is 2.05. The number of fused-ring (bicyclic) bond motifs is 1. The fourth-order valence-corrected chi connectivity index (χ4v) is 3.99. The zero-order chi connectivity index (χ0) is 23.5. The Morgan fingerprint density at radius 2 is 1.76 bits per heavy atom. The predicted molar refractivity (Wildman–Crippen MR) is 131 cm³/mol. The Balaban J connectivity index is 1.53. The molecule has 0 unspecified atom stereocenters. The van der Waals surface area contributed by atoms with Crippen LogP contribution in [0.25, 0.3) is 0 Å². The first kappa shape index (κ1) is 22.6. The van der Waals surface area contributed by atoms with Crippen molar-refractivity contribution in [3.63, 3.8) is 0 Å². The molecule has 0 saturated heterocycles. The summed E-state index contributed by atoms with van der Waals surface area (Å²) in [4.78, 5) is 35.5. The number of furan rings is 1. The molecule has 1 heterocycles. The molecule has 1 aliphatic rings. The van der Waals surface area contributed by atoms with Crippen LogP contribution in [0.2, 0.25) is 0 Å². The van der Waals surface area contributed by atoms with Gasteiger partial charge in [0.2, 0.25) is 0 Å². The second-order valence-electron chi connectivity index (χ2n) is 7.47. The number of nitro benzene ring substituents is 1. The van der Waals surface area contributed by atoms with E-state index in [0.717, 1.165) is 15.6 Å². The molecule has 0 saturated carbocycles. The number of anilines is 1. The van der Waals surface area contributed by atoms with Gasteiger partial charge in [0.1, 0.15) is 5.76 Å². The Labute approximate surface area is 202 Å². The normalized spacial score (nSPS) is 13.9. The minimum atomic E-state index is -0.528. The summed E-state index contributed by atoms with van der Waals surface area (Å²) >= 11 is 2.19. The van der Waals surface area contributed by atoms with E-state index >= 15 is 0 Å². The summed E-state index contributed by atoms with van der Waals surface area (Å²) in [6.45, 7) is 1.80. The van der Waals surface area contributed by atoms with Gasteiger partial charge in [-0.05, 0) is 78.8 Å². The summed E-state index contributed by atoms with van der Waals surface area (Å²) in [5, 5.41) is 17.9. The molecule has 10 heteroatoms. The average Bonchev–Trinajstić information content (AvgIpc) is 3.16. The van der Waals surface area contributed by atoms with E-state index in [2.05, 4.69) is 38.4 Å². The fourth-order valence-electron chi connectivity index (χ4n) is 3.64. The first-order chi connectivity index (χ1) is 15.8. The van der Waals surface area contributed by atoms with Gasteiger partial charge in [-0.2, -0.15) is 5.10 Å². The maximum atomic E-state index is 12.8. The molecule has 9 nitrogen and oxygen atoms in total. The minimum absolute atomic E-state index is 0.0974. The number of nitrogens with one attached hydrogen (secondary N) is 2. The molecule has 4 rings (SSSR count). The number of hydrazone groups is 1. The highest BCUT2D eigenvalue weighted by Gasteiger charge is 2.28. The van der Waals surface area contributed by atoms with Crippen LogP contribution in [0.15, 0.2) is 58.0 Å². The fraction of sp³-hybridized carbons (Fsp3) is 0.174. The van der Waals surface area contributed by atoms with Crippen molar-refractivity contribution in [3.05, 3.63) is 90.4 Å². The number of nitrogens with zero attached hydrogens (tertiary/aromatic N) is 2. The number of benzene rings is 2. The van der Waals surface area contributed by atoms with Crippen molar-refractivity contribution in [1.29, 1.82) is 0 Å². The van der Waals surface area contributed by atoms with Crippen molar-refractivity contribution in [2.75, 3.05) is 5.32 Å². The summed E-state index contributed by atoms with van der Waals surface area (Å²) in [5.74, 6) is 0.0457. The SMILES string of the molecule is Cc1c(C(=O)Nc2ccc(I)cc2)oc2c1/C(=N/NC(=O)c1ccc([N+](=O)[O-])cc1)CCC2. The summed E-state index contributed by atoms with van der Waals surface area (Å²) in [5.41, 5.74) is 5.35. The number of carbonyl (C=O) groups is 2. The lowest BCUT2D eigenvalue weighted by atomic mass is 9.93. The predicted octanol–water partition coefficient (Wildman–Crippen LogP) is 4.82. The lowest BCUT2D eigenvalue weighted by Crippen LogP contribution is -2.22. The van der Waals surface area contributed by atoms with Crippen LogP contribution in [0.5, 0.6) is 0 Å². The molecular weight excluding hydrogens is 539 g/mol. The molecule has 3 aromatic rings. The molecule has 0 atom stereocenters. The quantitative estimate of drug-likeness (QED) is 0.264. The zero-order valence-electron chi connectivity index (χ0n) is 17.6. The van der Waals surface area contributed by atoms with Crippen LogP contribution in [0.4, 0.5) is 11.4 Å². The van der Waals surface area contributed by atoms with Gasteiger partial charge in [0.25, 0.3) is 17.5 Å². The van der Waals surface area contributed by atoms with Gasteiger partial charge in [0.15, 0.2) is 5.76 Å². The number of aryl methyl sites for hydroxylation is 1. The molecule has 2 amide bonds. The highest BCUT2D eigenvalue weighted by atomic mass is 127. The maximum Gasteiger partial charge on any atom is 0.291 e. The Morgan fingerprint density at radius 1 is 1.06 bits per heavy atom. The molecule has 0 radical (unpaired) electrons. The van der Waals surface area contributed by atoms with E-state index in [1.165, 1.54) is 24.3 Å². The van der Waals surface area contributed by atoms with Gasteiger partial charge < -0.3 is 9.73 Å². The highest BCUT2D eigenvalue weighted by Crippen LogP contribution is 2.30. The molecule has 0 fully saturated rings. The van der Waals surface area contributed by atoms with E-state index in [1.807, 2.05) is 24.3 Å². The van der Waals surface area contributed by atoms with Crippen LogP contribution in [-0.4, -0.2) is 22.4 Å². The molecule has 1 aromatic heterocycles. The second kappa shape index (κ2) is 9.53. The molecule has 168 valence electrons. The third kappa shape index (κ3) is 4.95. The third-order valence-corrected chi connectivity index (χ3v) is 5.99. The van der Waals surface area contributed by atoms with E-state index in [-0.39, 0.29) is 22.9 Å². The van der Waals surface area contributed by atoms with E-state index < -0.39 is 10.8 Å². The standard InChI is InChI=1S/C23H19IN4O5/c1-13-20-18(26-27-22(29)14-5-11-17(12-6-14)28(31)32)3-2-4-19(20)33-21(13)23(30)25-16-9-7-15(24)8-10-16/h5-12H,2-4H2,1H3,(H,25,30)(H,27,29)/b26-18+. The summed E-state index contributed by atoms with van der Waals surface area (Å²) in [7, 11) is 0. The monoisotopic (exact) mass is 558 g/mol. The van der Waals surface area contributed by atoms with E-state index in [4.69, 9.17) is 4.42 Å². The van der Waals surface area contributed by atoms with Gasteiger partial charge in [-0.25, -0.2) is 5.43 Å². The lowest BCUT2D eigenvalue weighted by molar-refractivity contribution is -0.384. The van der Waals surface area contributed by atoms with Crippen LogP contribution in [0, 0.1) is 20.6 Å². The van der Waals surface area contributed by atoms with Crippen LogP contribution in [0.3, 0.4) is 0 Å². The molecule has 0 bridgehead atoms. The largest absolute Gasteiger partial charge is 0.455 e. The maximum absolute atomic E-state index is 12.8. The Morgan fingerprint density at radius 3 is 2.42 bits per heavy atom. The van der Waals surface area contributed by atoms with Crippen LogP contribution >= 0.6 is 22.6 Å². The smallest absolute Gasteiger partial charge is 0.291 e. The number of hydrogen-bond donors (Lipinski definition) is 2. The lowest BCUT2D eigenvalue weighted by Gasteiger charge is -2.13. The second-order valence-corrected chi connectivity index (χ2v) is 8.72. The van der Waals surface area contributed by atoms with E-state index in [9.17, 15) is 19.7 Å². The van der Waals surface area contributed by atoms with Crippen molar-refractivity contribution >= 4 is 51.5 Å². The molecule has 0 spiro atoms. The van der Waals surface area contributed by atoms with Crippen molar-refractivity contribution in [2.45, 2.75) is 26.2 Å². The van der Waals surface area contributed by atoms with Crippen LogP contribution < -0.4 is 10.7 Å². The topological polar surface area (TPSA) is 127 Å². The van der Waals surface area contributed by atoms with Crippen LogP contribution in [0.1, 0.15) is 50.6 Å². The highest BCUT2D eigenvalue weighted by molar-refractivity contribution is 14.1. The first-order valence-electron chi connectivity index (χ1n) is 10.1. The number of non-ortho nitro benzene ring substituents is 1. The van der Waals surface area contributed by atoms with Gasteiger partial charge in [0.05, 0.1) is 10.6 Å². The molecule has 2 aromatic carbocycles. The summed E-state index contributed by atoms with van der Waals surface area (Å²) < 4.78 is 6.94. The van der Waals surface area contributed by atoms with Crippen molar-refractivity contribution in [2.24, 2.45) is 5.10 Å². The van der Waals surface area contributed by atoms with Crippen LogP contribution in [-0.2, 0) is 6.42 Å². The molecule has 33 heavy (non-hydrogen) atoms. The van der Waals surface area contributed by atoms with Gasteiger partial charge >= 0.3 is 0 Å². The Kier molecular flexibility index (Phi) is 6.54. The van der Waals surface area contributed by atoms with E-state index in [0.29, 0.717) is 35.6 Å². The van der Waals surface area contributed by atoms with Gasteiger partial charge in [0, 0.05) is 44.5 Å². The minimum Gasteiger partial charge on any atom is -0.455 e. The number of nitro groups is 1. The molecule has 1 aliphatic carbocycles. The average molecular weight is 558 g/mol. The van der Waals surface area contributed by atoms with Gasteiger partial charge in [-0.1, -0.05) is 0 Å². The van der Waals surface area contributed by atoms with Gasteiger partial charge in [-0.15, -0.1) is 0 Å².